The monoisotopic (exact) mass is 288 g/mol. The molecule has 0 aromatic heterocycles. The Morgan fingerprint density at radius 1 is 1.29 bits per heavy atom. The third-order valence-corrected chi connectivity index (χ3v) is 4.34. The lowest BCUT2D eigenvalue weighted by Crippen LogP contribution is -2.26. The minimum atomic E-state index is 0.244. The Balaban J connectivity index is 1.47. The van der Waals surface area contributed by atoms with Crippen molar-refractivity contribution in [1.29, 1.82) is 0 Å². The molecule has 2 aliphatic rings. The van der Waals surface area contributed by atoms with Gasteiger partial charge in [0, 0.05) is 31.7 Å². The molecule has 4 nitrogen and oxygen atoms in total. The maximum absolute atomic E-state index is 11.7. The molecule has 2 heterocycles. The smallest absolute Gasteiger partial charge is 0.227 e. The highest BCUT2D eigenvalue weighted by molar-refractivity contribution is 5.95. The number of hydrogen-bond donors (Lipinski definition) is 1. The molecule has 1 amide bonds. The first-order valence-electron chi connectivity index (χ1n) is 7.98. The van der Waals surface area contributed by atoms with E-state index in [4.69, 9.17) is 4.74 Å². The molecule has 1 aromatic rings. The normalized spacial score (nSPS) is 25.8. The van der Waals surface area contributed by atoms with Gasteiger partial charge < -0.3 is 15.0 Å². The molecule has 114 valence electrons. The van der Waals surface area contributed by atoms with Crippen molar-refractivity contribution in [2.75, 3.05) is 18.0 Å². The van der Waals surface area contributed by atoms with Crippen molar-refractivity contribution in [3.05, 3.63) is 29.8 Å². The van der Waals surface area contributed by atoms with E-state index in [1.807, 2.05) is 17.0 Å². The number of ether oxygens (including phenoxy) is 1. The Bertz CT molecular complexity index is 486. The van der Waals surface area contributed by atoms with E-state index in [1.54, 1.807) is 0 Å². The lowest BCUT2D eigenvalue weighted by Gasteiger charge is -2.16. The third-order valence-electron chi connectivity index (χ3n) is 4.34. The molecule has 0 radical (unpaired) electrons. The van der Waals surface area contributed by atoms with Crippen LogP contribution < -0.4 is 10.2 Å². The van der Waals surface area contributed by atoms with Crippen molar-refractivity contribution in [3.63, 3.8) is 0 Å². The lowest BCUT2D eigenvalue weighted by molar-refractivity contribution is -0.117. The van der Waals surface area contributed by atoms with Gasteiger partial charge in [-0.25, -0.2) is 0 Å². The Morgan fingerprint density at radius 2 is 2.10 bits per heavy atom. The molecule has 2 aliphatic heterocycles. The van der Waals surface area contributed by atoms with Crippen LogP contribution in [0.15, 0.2) is 24.3 Å². The Morgan fingerprint density at radius 3 is 2.71 bits per heavy atom. The van der Waals surface area contributed by atoms with E-state index in [1.165, 1.54) is 12.0 Å². The minimum absolute atomic E-state index is 0.244. The van der Waals surface area contributed by atoms with Crippen molar-refractivity contribution in [1.82, 2.24) is 5.32 Å². The summed E-state index contributed by atoms with van der Waals surface area (Å²) in [4.78, 5) is 13.6. The first-order valence-corrected chi connectivity index (χ1v) is 7.98. The van der Waals surface area contributed by atoms with Gasteiger partial charge in [-0.2, -0.15) is 0 Å². The fourth-order valence-corrected chi connectivity index (χ4v) is 3.13. The van der Waals surface area contributed by atoms with Gasteiger partial charge in [0.15, 0.2) is 0 Å². The fourth-order valence-electron chi connectivity index (χ4n) is 3.13. The number of carbonyl (C=O) groups excluding carboxylic acids is 1. The van der Waals surface area contributed by atoms with E-state index >= 15 is 0 Å². The van der Waals surface area contributed by atoms with Crippen LogP contribution in [0, 0.1) is 0 Å². The molecule has 1 N–H and O–H groups in total. The summed E-state index contributed by atoms with van der Waals surface area (Å²) in [5.74, 6) is 0.244. The van der Waals surface area contributed by atoms with E-state index in [2.05, 4.69) is 24.4 Å². The van der Waals surface area contributed by atoms with Crippen LogP contribution in [0.4, 0.5) is 5.69 Å². The van der Waals surface area contributed by atoms with E-state index in [-0.39, 0.29) is 5.91 Å². The second-order valence-electron chi connectivity index (χ2n) is 6.09. The van der Waals surface area contributed by atoms with Crippen LogP contribution in [0.3, 0.4) is 0 Å². The van der Waals surface area contributed by atoms with Crippen LogP contribution in [-0.2, 0) is 16.1 Å². The van der Waals surface area contributed by atoms with E-state index in [0.29, 0.717) is 18.6 Å². The van der Waals surface area contributed by atoms with E-state index < -0.39 is 0 Å². The Kier molecular flexibility index (Phi) is 4.56. The van der Waals surface area contributed by atoms with Crippen molar-refractivity contribution < 1.29 is 9.53 Å². The van der Waals surface area contributed by atoms with Crippen LogP contribution in [0.1, 0.15) is 38.2 Å². The standard InChI is InChI=1S/C17H24N2O2/c1-13-4-9-16(21-13)12-18-11-14-5-7-15(8-6-14)19-10-2-3-17(19)20/h5-8,13,16,18H,2-4,9-12H2,1H3. The molecule has 2 unspecified atom stereocenters. The zero-order valence-corrected chi connectivity index (χ0v) is 12.7. The molecule has 2 fully saturated rings. The van der Waals surface area contributed by atoms with Crippen molar-refractivity contribution >= 4 is 11.6 Å². The largest absolute Gasteiger partial charge is 0.374 e. The van der Waals surface area contributed by atoms with Gasteiger partial charge in [0.05, 0.1) is 12.2 Å². The molecule has 0 saturated carbocycles. The summed E-state index contributed by atoms with van der Waals surface area (Å²) >= 11 is 0. The van der Waals surface area contributed by atoms with Crippen molar-refractivity contribution in [2.24, 2.45) is 0 Å². The zero-order chi connectivity index (χ0) is 14.7. The highest BCUT2D eigenvalue weighted by atomic mass is 16.5. The van der Waals surface area contributed by atoms with Gasteiger partial charge in [0.1, 0.15) is 0 Å². The number of nitrogens with one attached hydrogen (secondary N) is 1. The molecule has 0 spiro atoms. The topological polar surface area (TPSA) is 41.6 Å². The number of carbonyl (C=O) groups is 1. The van der Waals surface area contributed by atoms with Gasteiger partial charge in [-0.3, -0.25) is 4.79 Å². The highest BCUT2D eigenvalue weighted by Gasteiger charge is 2.22. The van der Waals surface area contributed by atoms with Gasteiger partial charge in [-0.15, -0.1) is 0 Å². The first kappa shape index (κ1) is 14.5. The summed E-state index contributed by atoms with van der Waals surface area (Å²) in [6.45, 7) is 4.76. The number of rotatable bonds is 5. The van der Waals surface area contributed by atoms with Gasteiger partial charge >= 0.3 is 0 Å². The minimum Gasteiger partial charge on any atom is -0.374 e. The quantitative estimate of drug-likeness (QED) is 0.905. The summed E-state index contributed by atoms with van der Waals surface area (Å²) < 4.78 is 5.79. The average Bonchev–Trinajstić information content (AvgIpc) is 3.09. The third kappa shape index (κ3) is 3.63. The van der Waals surface area contributed by atoms with Crippen LogP contribution in [0.25, 0.3) is 0 Å². The van der Waals surface area contributed by atoms with Crippen molar-refractivity contribution in [3.8, 4) is 0 Å². The molecular formula is C17H24N2O2. The molecule has 1 aromatic carbocycles. The summed E-state index contributed by atoms with van der Waals surface area (Å²) in [6.07, 6.45) is 4.76. The maximum Gasteiger partial charge on any atom is 0.227 e. The molecular weight excluding hydrogens is 264 g/mol. The predicted molar refractivity (Wildman–Crippen MR) is 83.3 cm³/mol. The maximum atomic E-state index is 11.7. The fraction of sp³-hybridized carbons (Fsp3) is 0.588. The number of hydrogen-bond acceptors (Lipinski definition) is 3. The van der Waals surface area contributed by atoms with Crippen molar-refractivity contribution in [2.45, 2.75) is 51.4 Å². The van der Waals surface area contributed by atoms with Crippen LogP contribution in [-0.4, -0.2) is 31.2 Å². The van der Waals surface area contributed by atoms with Crippen LogP contribution in [0.2, 0.25) is 0 Å². The lowest BCUT2D eigenvalue weighted by atomic mass is 10.2. The van der Waals surface area contributed by atoms with Gasteiger partial charge in [-0.05, 0) is 43.9 Å². The number of nitrogens with zero attached hydrogens (tertiary/aromatic N) is 1. The molecule has 0 aliphatic carbocycles. The van der Waals surface area contributed by atoms with Crippen LogP contribution >= 0.6 is 0 Å². The molecule has 21 heavy (non-hydrogen) atoms. The zero-order valence-electron chi connectivity index (χ0n) is 12.7. The number of anilines is 1. The summed E-state index contributed by atoms with van der Waals surface area (Å²) in [5, 5.41) is 3.46. The Hall–Kier alpha value is -1.39. The predicted octanol–water partition coefficient (Wildman–Crippen LogP) is 2.47. The molecule has 0 bridgehead atoms. The van der Waals surface area contributed by atoms with Gasteiger partial charge in [-0.1, -0.05) is 12.1 Å². The van der Waals surface area contributed by atoms with Gasteiger partial charge in [0.2, 0.25) is 5.91 Å². The van der Waals surface area contributed by atoms with E-state index in [9.17, 15) is 4.79 Å². The summed E-state index contributed by atoms with van der Waals surface area (Å²) in [5.41, 5.74) is 2.27. The highest BCUT2D eigenvalue weighted by Crippen LogP contribution is 2.22. The molecule has 4 heteroatoms. The number of amides is 1. The average molecular weight is 288 g/mol. The summed E-state index contributed by atoms with van der Waals surface area (Å²) in [7, 11) is 0. The summed E-state index contributed by atoms with van der Waals surface area (Å²) in [6, 6.07) is 8.31. The number of benzene rings is 1. The molecule has 3 rings (SSSR count). The second kappa shape index (κ2) is 6.58. The first-order chi connectivity index (χ1) is 10.2. The second-order valence-corrected chi connectivity index (χ2v) is 6.09. The SMILES string of the molecule is CC1CCC(CNCc2ccc(N3CCCC3=O)cc2)O1. The molecule has 2 atom stereocenters. The molecule has 2 saturated heterocycles. The van der Waals surface area contributed by atoms with E-state index in [0.717, 1.165) is 38.2 Å². The van der Waals surface area contributed by atoms with Gasteiger partial charge in [0.25, 0.3) is 0 Å². The Labute approximate surface area is 126 Å². The van der Waals surface area contributed by atoms with Crippen LogP contribution in [0.5, 0.6) is 0 Å².